The Hall–Kier alpha value is -2.37. The van der Waals surface area contributed by atoms with Crippen LogP contribution in [-0.4, -0.2) is 47.8 Å². The third kappa shape index (κ3) is 4.41. The Morgan fingerprint density at radius 2 is 1.88 bits per heavy atom. The fraction of sp³-hybridized carbons (Fsp3) is 0.519. The highest BCUT2D eigenvalue weighted by molar-refractivity contribution is 5.73. The van der Waals surface area contributed by atoms with E-state index >= 15 is 0 Å². The molecule has 2 aliphatic heterocycles. The number of ether oxygens (including phenoxy) is 1. The van der Waals surface area contributed by atoms with Crippen LogP contribution >= 0.6 is 0 Å². The van der Waals surface area contributed by atoms with Gasteiger partial charge in [-0.05, 0) is 67.7 Å². The van der Waals surface area contributed by atoms with Crippen molar-refractivity contribution in [2.45, 2.75) is 62.6 Å². The molecule has 2 N–H and O–H groups in total. The van der Waals surface area contributed by atoms with Gasteiger partial charge in [-0.3, -0.25) is 9.69 Å². The van der Waals surface area contributed by atoms with Crippen LogP contribution in [0, 0.1) is 5.92 Å². The van der Waals surface area contributed by atoms with Gasteiger partial charge in [0.25, 0.3) is 0 Å². The third-order valence-corrected chi connectivity index (χ3v) is 7.82. The molecule has 0 bridgehead atoms. The molecule has 0 aromatic heterocycles. The lowest BCUT2D eigenvalue weighted by atomic mass is 9.69. The Bertz CT molecular complexity index is 920. The predicted octanol–water partition coefficient (Wildman–Crippen LogP) is 4.21. The highest BCUT2D eigenvalue weighted by Crippen LogP contribution is 2.46. The number of hydrogen-bond acceptors (Lipinski definition) is 4. The Kier molecular flexibility index (Phi) is 6.20. The van der Waals surface area contributed by atoms with E-state index in [1.54, 1.807) is 0 Å². The number of carboxylic acids is 1. The Balaban J connectivity index is 1.20. The van der Waals surface area contributed by atoms with Crippen LogP contribution in [0.5, 0.6) is 5.75 Å². The minimum absolute atomic E-state index is 0.0796. The lowest BCUT2D eigenvalue weighted by molar-refractivity contribution is -0.139. The monoisotopic (exact) mass is 434 g/mol. The summed E-state index contributed by atoms with van der Waals surface area (Å²) in [5.74, 6) is 0.759. The van der Waals surface area contributed by atoms with Crippen molar-refractivity contribution in [2.24, 2.45) is 5.92 Å². The van der Waals surface area contributed by atoms with Crippen molar-refractivity contribution in [3.63, 3.8) is 0 Å². The maximum Gasteiger partial charge on any atom is 0.320 e. The topological polar surface area (TPSA) is 61.8 Å². The van der Waals surface area contributed by atoms with E-state index in [0.717, 1.165) is 12.2 Å². The molecule has 3 fully saturated rings. The van der Waals surface area contributed by atoms with Crippen molar-refractivity contribution < 1.29 is 14.6 Å². The molecule has 5 heteroatoms. The van der Waals surface area contributed by atoms with Gasteiger partial charge in [-0.2, -0.15) is 0 Å². The van der Waals surface area contributed by atoms with Gasteiger partial charge < -0.3 is 15.2 Å². The second kappa shape index (κ2) is 9.24. The minimum Gasteiger partial charge on any atom is -0.489 e. The van der Waals surface area contributed by atoms with E-state index in [9.17, 15) is 4.79 Å². The van der Waals surface area contributed by atoms with E-state index in [-0.39, 0.29) is 11.6 Å². The number of aliphatic carboxylic acids is 1. The number of likely N-dealkylation sites (tertiary alicyclic amines) is 1. The van der Waals surface area contributed by atoms with Crippen molar-refractivity contribution in [3.05, 3.63) is 65.7 Å². The molecule has 2 aromatic rings. The first-order valence-electron chi connectivity index (χ1n) is 12.1. The van der Waals surface area contributed by atoms with Crippen LogP contribution in [0.1, 0.15) is 49.7 Å². The second-order valence-corrected chi connectivity index (χ2v) is 9.81. The summed E-state index contributed by atoms with van der Waals surface area (Å²) >= 11 is 0. The molecular formula is C27H34N2O3. The van der Waals surface area contributed by atoms with Crippen LogP contribution < -0.4 is 10.1 Å². The van der Waals surface area contributed by atoms with Gasteiger partial charge in [0.15, 0.2) is 0 Å². The number of benzene rings is 2. The number of carboxylic acid groups (broad SMARTS) is 1. The first kappa shape index (κ1) is 21.5. The van der Waals surface area contributed by atoms with Crippen LogP contribution in [-0.2, 0) is 16.8 Å². The van der Waals surface area contributed by atoms with Crippen molar-refractivity contribution in [1.29, 1.82) is 0 Å². The van der Waals surface area contributed by atoms with E-state index in [2.05, 4.69) is 58.7 Å². The van der Waals surface area contributed by atoms with Gasteiger partial charge in [0.2, 0.25) is 0 Å². The summed E-state index contributed by atoms with van der Waals surface area (Å²) in [6.07, 6.45) is 7.83. The zero-order chi connectivity index (χ0) is 22.0. The van der Waals surface area contributed by atoms with Gasteiger partial charge in [-0.1, -0.05) is 42.5 Å². The summed E-state index contributed by atoms with van der Waals surface area (Å²) in [5.41, 5.74) is 3.06. The molecule has 32 heavy (non-hydrogen) atoms. The molecule has 1 saturated carbocycles. The molecule has 2 saturated heterocycles. The SMILES string of the molecule is O=C(O)[C@@H]1C[C@H](Oc2cccc(C[C@H]3CC[C@](c4ccccc4)(N4CCC4)CC3)c2)CN1. The van der Waals surface area contributed by atoms with Crippen molar-refractivity contribution in [3.8, 4) is 5.75 Å². The standard InChI is InChI=1S/C27H34N2O3/c30-26(31)25-18-24(19-28-25)32-23-9-4-6-21(17-23)16-20-10-12-27(13-11-20,29-14-5-15-29)22-7-2-1-3-8-22/h1-4,6-9,17,20,24-25,28H,5,10-16,18-19H2,(H,30,31)/t20-,24-,25-,27-/m0/s1. The number of nitrogens with one attached hydrogen (secondary N) is 1. The third-order valence-electron chi connectivity index (χ3n) is 7.82. The first-order chi connectivity index (χ1) is 15.6. The molecule has 5 rings (SSSR count). The molecule has 0 amide bonds. The van der Waals surface area contributed by atoms with Gasteiger partial charge in [-0.15, -0.1) is 0 Å². The number of rotatable bonds is 7. The van der Waals surface area contributed by atoms with Crippen LogP contribution in [0.2, 0.25) is 0 Å². The first-order valence-corrected chi connectivity index (χ1v) is 12.1. The molecule has 170 valence electrons. The molecule has 0 radical (unpaired) electrons. The zero-order valence-electron chi connectivity index (χ0n) is 18.7. The molecule has 1 aliphatic carbocycles. The van der Waals surface area contributed by atoms with Crippen LogP contribution in [0.25, 0.3) is 0 Å². The van der Waals surface area contributed by atoms with Gasteiger partial charge in [0, 0.05) is 31.6 Å². The van der Waals surface area contributed by atoms with E-state index in [4.69, 9.17) is 9.84 Å². The minimum atomic E-state index is -0.799. The smallest absolute Gasteiger partial charge is 0.320 e. The summed E-state index contributed by atoms with van der Waals surface area (Å²) in [6, 6.07) is 19.1. The van der Waals surface area contributed by atoms with Gasteiger partial charge >= 0.3 is 5.97 Å². The summed E-state index contributed by atoms with van der Waals surface area (Å²) in [7, 11) is 0. The van der Waals surface area contributed by atoms with E-state index < -0.39 is 12.0 Å². The summed E-state index contributed by atoms with van der Waals surface area (Å²) in [5, 5.41) is 12.2. The molecule has 0 spiro atoms. The average molecular weight is 435 g/mol. The van der Waals surface area contributed by atoms with Gasteiger partial charge in [-0.25, -0.2) is 0 Å². The largest absolute Gasteiger partial charge is 0.489 e. The summed E-state index contributed by atoms with van der Waals surface area (Å²) in [4.78, 5) is 13.9. The van der Waals surface area contributed by atoms with Crippen molar-refractivity contribution in [2.75, 3.05) is 19.6 Å². The molecular weight excluding hydrogens is 400 g/mol. The summed E-state index contributed by atoms with van der Waals surface area (Å²) in [6.45, 7) is 3.05. The molecule has 2 heterocycles. The van der Waals surface area contributed by atoms with Gasteiger partial charge in [0.05, 0.1) is 0 Å². The fourth-order valence-corrected chi connectivity index (χ4v) is 5.89. The van der Waals surface area contributed by atoms with E-state index in [1.807, 2.05) is 6.07 Å². The van der Waals surface area contributed by atoms with Crippen LogP contribution in [0.15, 0.2) is 54.6 Å². The van der Waals surface area contributed by atoms with Crippen LogP contribution in [0.4, 0.5) is 0 Å². The average Bonchev–Trinajstić information content (AvgIpc) is 3.24. The molecule has 5 nitrogen and oxygen atoms in total. The summed E-state index contributed by atoms with van der Waals surface area (Å²) < 4.78 is 6.10. The number of carbonyl (C=O) groups is 1. The zero-order valence-corrected chi connectivity index (χ0v) is 18.7. The van der Waals surface area contributed by atoms with E-state index in [0.29, 0.717) is 18.9 Å². The maximum atomic E-state index is 11.2. The van der Waals surface area contributed by atoms with Crippen molar-refractivity contribution >= 4 is 5.97 Å². The number of hydrogen-bond donors (Lipinski definition) is 2. The van der Waals surface area contributed by atoms with Crippen LogP contribution in [0.3, 0.4) is 0 Å². The lowest BCUT2D eigenvalue weighted by Gasteiger charge is -2.52. The molecule has 2 aromatic carbocycles. The predicted molar refractivity (Wildman–Crippen MR) is 125 cm³/mol. The quantitative estimate of drug-likeness (QED) is 0.683. The Morgan fingerprint density at radius 3 is 2.53 bits per heavy atom. The molecule has 0 unspecified atom stereocenters. The Morgan fingerprint density at radius 1 is 1.09 bits per heavy atom. The normalized spacial score (nSPS) is 30.6. The fourth-order valence-electron chi connectivity index (χ4n) is 5.89. The highest BCUT2D eigenvalue weighted by Gasteiger charge is 2.43. The van der Waals surface area contributed by atoms with Crippen molar-refractivity contribution in [1.82, 2.24) is 10.2 Å². The lowest BCUT2D eigenvalue weighted by Crippen LogP contribution is -2.54. The van der Waals surface area contributed by atoms with Gasteiger partial charge in [0.1, 0.15) is 17.9 Å². The maximum absolute atomic E-state index is 11.2. The molecule has 2 atom stereocenters. The highest BCUT2D eigenvalue weighted by atomic mass is 16.5. The second-order valence-electron chi connectivity index (χ2n) is 9.81. The Labute approximate surface area is 190 Å². The number of nitrogens with zero attached hydrogens (tertiary/aromatic N) is 1. The molecule has 3 aliphatic rings. The van der Waals surface area contributed by atoms with E-state index in [1.165, 1.54) is 56.3 Å².